The zero-order valence-corrected chi connectivity index (χ0v) is 13.5. The Bertz CT molecular complexity index is 513. The van der Waals surface area contributed by atoms with Crippen LogP contribution in [0.5, 0.6) is 0 Å². The minimum absolute atomic E-state index is 0.0298. The highest BCUT2D eigenvalue weighted by Gasteiger charge is 2.26. The van der Waals surface area contributed by atoms with Gasteiger partial charge in [0.25, 0.3) is 5.69 Å². The van der Waals surface area contributed by atoms with Crippen LogP contribution < -0.4 is 5.43 Å². The molecule has 0 aromatic carbocycles. The van der Waals surface area contributed by atoms with Crippen molar-refractivity contribution in [3.05, 3.63) is 26.3 Å². The highest BCUT2D eigenvalue weighted by molar-refractivity contribution is 9.10. The van der Waals surface area contributed by atoms with Gasteiger partial charge in [0.15, 0.2) is 5.82 Å². The largest absolute Gasteiger partial charge is 0.302 e. The van der Waals surface area contributed by atoms with Crippen LogP contribution in [0.15, 0.2) is 10.7 Å². The van der Waals surface area contributed by atoms with Gasteiger partial charge in [0.05, 0.1) is 9.40 Å². The fourth-order valence-corrected chi connectivity index (χ4v) is 2.99. The summed E-state index contributed by atoms with van der Waals surface area (Å²) in [6, 6.07) is 0.839. The molecule has 7 heteroatoms. The SMILES string of the molecule is Cc1c([N+](=O)[O-])cnc(NN2C(C)CCCC2C)c1Br. The van der Waals surface area contributed by atoms with Crippen LogP contribution in [0.3, 0.4) is 0 Å². The average Bonchev–Trinajstić information content (AvgIpc) is 2.38. The minimum atomic E-state index is -0.414. The molecule has 0 radical (unpaired) electrons. The molecule has 1 aliphatic rings. The fraction of sp³-hybridized carbons (Fsp3) is 0.615. The van der Waals surface area contributed by atoms with E-state index in [4.69, 9.17) is 0 Å². The number of hydrogen-bond donors (Lipinski definition) is 1. The molecule has 1 aliphatic heterocycles. The Hall–Kier alpha value is -1.21. The molecule has 2 unspecified atom stereocenters. The molecule has 1 saturated heterocycles. The van der Waals surface area contributed by atoms with E-state index in [1.54, 1.807) is 6.92 Å². The Labute approximate surface area is 126 Å². The van der Waals surface area contributed by atoms with E-state index in [1.807, 2.05) is 0 Å². The van der Waals surface area contributed by atoms with E-state index in [0.29, 0.717) is 27.9 Å². The van der Waals surface area contributed by atoms with Crippen molar-refractivity contribution in [2.24, 2.45) is 0 Å². The van der Waals surface area contributed by atoms with Gasteiger partial charge >= 0.3 is 0 Å². The van der Waals surface area contributed by atoms with Crippen molar-refractivity contribution in [1.29, 1.82) is 0 Å². The minimum Gasteiger partial charge on any atom is -0.302 e. The third-order valence-electron chi connectivity index (χ3n) is 3.86. The number of piperidine rings is 1. The number of hydrazine groups is 1. The Kier molecular flexibility index (Phi) is 4.59. The predicted octanol–water partition coefficient (Wildman–Crippen LogP) is 3.65. The Morgan fingerprint density at radius 3 is 2.60 bits per heavy atom. The molecule has 1 aromatic rings. The summed E-state index contributed by atoms with van der Waals surface area (Å²) in [5.74, 6) is 0.633. The Balaban J connectivity index is 2.25. The molecule has 1 fully saturated rings. The van der Waals surface area contributed by atoms with Gasteiger partial charge in [-0.15, -0.1) is 0 Å². The van der Waals surface area contributed by atoms with Crippen molar-refractivity contribution in [3.8, 4) is 0 Å². The maximum absolute atomic E-state index is 10.9. The lowest BCUT2D eigenvalue weighted by Crippen LogP contribution is -2.47. The zero-order valence-electron chi connectivity index (χ0n) is 11.9. The summed E-state index contributed by atoms with van der Waals surface area (Å²) < 4.78 is 0.650. The second-order valence-electron chi connectivity index (χ2n) is 5.34. The highest BCUT2D eigenvalue weighted by Crippen LogP contribution is 2.32. The number of pyridine rings is 1. The van der Waals surface area contributed by atoms with E-state index in [0.717, 1.165) is 12.8 Å². The van der Waals surface area contributed by atoms with Crippen molar-refractivity contribution in [2.75, 3.05) is 5.43 Å². The number of hydrogen-bond acceptors (Lipinski definition) is 5. The number of rotatable bonds is 3. The molecular formula is C13H19BrN4O2. The van der Waals surface area contributed by atoms with Crippen LogP contribution in [0.2, 0.25) is 0 Å². The molecule has 0 bridgehead atoms. The molecule has 0 saturated carbocycles. The van der Waals surface area contributed by atoms with E-state index in [2.05, 4.69) is 45.2 Å². The molecular weight excluding hydrogens is 324 g/mol. The molecule has 2 atom stereocenters. The first-order valence-electron chi connectivity index (χ1n) is 6.76. The van der Waals surface area contributed by atoms with Crippen LogP contribution in [0.1, 0.15) is 38.7 Å². The smallest absolute Gasteiger partial charge is 0.291 e. The second-order valence-corrected chi connectivity index (χ2v) is 6.13. The summed E-state index contributed by atoms with van der Waals surface area (Å²) in [7, 11) is 0. The summed E-state index contributed by atoms with van der Waals surface area (Å²) in [6.45, 7) is 6.07. The predicted molar refractivity (Wildman–Crippen MR) is 81.6 cm³/mol. The van der Waals surface area contributed by atoms with Gasteiger partial charge in [-0.3, -0.25) is 10.1 Å². The zero-order chi connectivity index (χ0) is 14.9. The van der Waals surface area contributed by atoms with Crippen molar-refractivity contribution >= 4 is 27.4 Å². The lowest BCUT2D eigenvalue weighted by molar-refractivity contribution is -0.385. The molecule has 6 nitrogen and oxygen atoms in total. The van der Waals surface area contributed by atoms with Gasteiger partial charge in [-0.2, -0.15) is 0 Å². The highest BCUT2D eigenvalue weighted by atomic mass is 79.9. The third-order valence-corrected chi connectivity index (χ3v) is 4.83. The summed E-state index contributed by atoms with van der Waals surface area (Å²) >= 11 is 3.41. The molecule has 0 aliphatic carbocycles. The van der Waals surface area contributed by atoms with Crippen molar-refractivity contribution in [2.45, 2.75) is 52.1 Å². The lowest BCUT2D eigenvalue weighted by atomic mass is 10.00. The quantitative estimate of drug-likeness (QED) is 0.670. The lowest BCUT2D eigenvalue weighted by Gasteiger charge is -2.39. The van der Waals surface area contributed by atoms with Crippen molar-refractivity contribution < 1.29 is 4.92 Å². The van der Waals surface area contributed by atoms with Crippen molar-refractivity contribution in [1.82, 2.24) is 9.99 Å². The molecule has 20 heavy (non-hydrogen) atoms. The molecule has 1 N–H and O–H groups in total. The number of nitrogens with one attached hydrogen (secondary N) is 1. The average molecular weight is 343 g/mol. The normalized spacial score (nSPS) is 23.6. The number of halogens is 1. The maximum Gasteiger partial charge on any atom is 0.291 e. The summed E-state index contributed by atoms with van der Waals surface area (Å²) in [6.07, 6.45) is 4.82. The van der Waals surface area contributed by atoms with Crippen LogP contribution in [0, 0.1) is 17.0 Å². The summed E-state index contributed by atoms with van der Waals surface area (Å²) in [4.78, 5) is 14.7. The van der Waals surface area contributed by atoms with Gasteiger partial charge in [-0.25, -0.2) is 9.99 Å². The fourth-order valence-electron chi connectivity index (χ4n) is 2.60. The maximum atomic E-state index is 10.9. The van der Waals surface area contributed by atoms with Gasteiger partial charge in [-0.05, 0) is 49.5 Å². The summed E-state index contributed by atoms with van der Waals surface area (Å²) in [5.41, 5.74) is 3.93. The Morgan fingerprint density at radius 1 is 1.45 bits per heavy atom. The summed E-state index contributed by atoms with van der Waals surface area (Å²) in [5, 5.41) is 13.1. The van der Waals surface area contributed by atoms with E-state index in [-0.39, 0.29) is 5.69 Å². The molecule has 1 aromatic heterocycles. The van der Waals surface area contributed by atoms with Crippen LogP contribution >= 0.6 is 15.9 Å². The molecule has 0 amide bonds. The number of anilines is 1. The van der Waals surface area contributed by atoms with E-state index >= 15 is 0 Å². The third kappa shape index (κ3) is 2.93. The van der Waals surface area contributed by atoms with Crippen LogP contribution in [0.4, 0.5) is 11.5 Å². The molecule has 0 spiro atoms. The molecule has 2 rings (SSSR count). The van der Waals surface area contributed by atoms with E-state index < -0.39 is 4.92 Å². The first kappa shape index (κ1) is 15.2. The molecule has 2 heterocycles. The van der Waals surface area contributed by atoms with Gasteiger partial charge < -0.3 is 5.43 Å². The van der Waals surface area contributed by atoms with Crippen LogP contribution in [-0.4, -0.2) is 27.0 Å². The van der Waals surface area contributed by atoms with Crippen LogP contribution in [-0.2, 0) is 0 Å². The second kappa shape index (κ2) is 6.05. The van der Waals surface area contributed by atoms with E-state index in [9.17, 15) is 10.1 Å². The van der Waals surface area contributed by atoms with Gasteiger partial charge in [0.1, 0.15) is 6.20 Å². The topological polar surface area (TPSA) is 71.3 Å². The first-order valence-corrected chi connectivity index (χ1v) is 7.55. The van der Waals surface area contributed by atoms with E-state index in [1.165, 1.54) is 12.6 Å². The first-order chi connectivity index (χ1) is 9.41. The van der Waals surface area contributed by atoms with Crippen molar-refractivity contribution in [3.63, 3.8) is 0 Å². The van der Waals surface area contributed by atoms with Gasteiger partial charge in [-0.1, -0.05) is 6.42 Å². The number of nitrogens with zero attached hydrogens (tertiary/aromatic N) is 3. The van der Waals surface area contributed by atoms with Gasteiger partial charge in [0.2, 0.25) is 0 Å². The van der Waals surface area contributed by atoms with Crippen LogP contribution in [0.25, 0.3) is 0 Å². The number of nitro groups is 1. The number of aromatic nitrogens is 1. The molecule has 110 valence electrons. The van der Waals surface area contributed by atoms with Gasteiger partial charge in [0, 0.05) is 17.6 Å². The Morgan fingerprint density at radius 2 is 2.05 bits per heavy atom. The monoisotopic (exact) mass is 342 g/mol. The standard InChI is InChI=1S/C13H19BrN4O2/c1-8-5-4-6-9(2)17(8)16-13-12(14)10(3)11(7-15-13)18(19)20/h7-9H,4-6H2,1-3H3,(H,15,16).